The van der Waals surface area contributed by atoms with E-state index in [2.05, 4.69) is 41.1 Å². The Balaban J connectivity index is 1.09. The third kappa shape index (κ3) is 5.90. The lowest BCUT2D eigenvalue weighted by Crippen LogP contribution is -2.52. The third-order valence-electron chi connectivity index (χ3n) is 9.38. The topological polar surface area (TPSA) is 73.0 Å². The lowest BCUT2D eigenvalue weighted by molar-refractivity contribution is -0.136. The second kappa shape index (κ2) is 11.5. The van der Waals surface area contributed by atoms with Crippen molar-refractivity contribution in [3.63, 3.8) is 0 Å². The van der Waals surface area contributed by atoms with Gasteiger partial charge in [0.25, 0.3) is 5.91 Å². The number of nitrogens with zero attached hydrogens (tertiary/aromatic N) is 3. The van der Waals surface area contributed by atoms with E-state index < -0.39 is 11.9 Å². The maximum Gasteiger partial charge on any atom is 0.255 e. The molecule has 0 aromatic heterocycles. The Kier molecular flexibility index (Phi) is 7.98. The Labute approximate surface area is 251 Å². The Morgan fingerprint density at radius 3 is 2.33 bits per heavy atom. The largest absolute Gasteiger partial charge is 0.322 e. The summed E-state index contributed by atoms with van der Waals surface area (Å²) in [7, 11) is 0. The highest BCUT2D eigenvalue weighted by Gasteiger charge is 2.40. The number of carbonyl (C=O) groups is 3. The Bertz CT molecular complexity index is 1450. The first-order valence-electron chi connectivity index (χ1n) is 14.9. The van der Waals surface area contributed by atoms with Gasteiger partial charge < -0.3 is 4.90 Å². The molecule has 9 heteroatoms. The summed E-state index contributed by atoms with van der Waals surface area (Å²) in [6.07, 6.45) is 3.78. The van der Waals surface area contributed by atoms with Crippen LogP contribution in [0, 0.1) is 11.2 Å². The van der Waals surface area contributed by atoms with Gasteiger partial charge in [0.2, 0.25) is 11.8 Å². The zero-order chi connectivity index (χ0) is 29.6. The van der Waals surface area contributed by atoms with Gasteiger partial charge in [0, 0.05) is 67.4 Å². The van der Waals surface area contributed by atoms with Crippen LogP contribution < -0.4 is 5.32 Å². The highest BCUT2D eigenvalue weighted by atomic mass is 35.5. The van der Waals surface area contributed by atoms with Gasteiger partial charge in [0.05, 0.1) is 6.54 Å². The van der Waals surface area contributed by atoms with Crippen LogP contribution in [0.2, 0.25) is 5.02 Å². The maximum atomic E-state index is 15.7. The molecule has 1 N–H and O–H groups in total. The van der Waals surface area contributed by atoms with Crippen molar-refractivity contribution in [1.29, 1.82) is 0 Å². The minimum Gasteiger partial charge on any atom is -0.322 e. The number of halogens is 2. The molecule has 2 aromatic carbocycles. The number of piperazine rings is 1. The number of allylic oxidation sites excluding steroid dienone is 1. The van der Waals surface area contributed by atoms with Crippen molar-refractivity contribution in [2.24, 2.45) is 5.41 Å². The molecule has 2 fully saturated rings. The number of hydrogen-bond donors (Lipinski definition) is 1. The SMILES string of the molecule is CC1(C)CCC(CN2CCN(Cc3ccc4c(c3F)CN(C3CCC(=O)NC3=O)C4=O)CC2)=C(c2ccc(Cl)cc2)C1. The van der Waals surface area contributed by atoms with Gasteiger partial charge in [-0.25, -0.2) is 4.39 Å². The van der Waals surface area contributed by atoms with Crippen LogP contribution in [0.4, 0.5) is 4.39 Å². The molecule has 0 radical (unpaired) electrons. The first-order valence-corrected chi connectivity index (χ1v) is 15.3. The lowest BCUT2D eigenvalue weighted by atomic mass is 9.72. The van der Waals surface area contributed by atoms with Gasteiger partial charge in [-0.2, -0.15) is 0 Å². The quantitative estimate of drug-likeness (QED) is 0.477. The molecule has 2 saturated heterocycles. The fraction of sp³-hybridized carbons (Fsp3) is 0.485. The van der Waals surface area contributed by atoms with Gasteiger partial charge in [-0.05, 0) is 60.4 Å². The van der Waals surface area contributed by atoms with Crippen LogP contribution >= 0.6 is 11.6 Å². The van der Waals surface area contributed by atoms with Crippen LogP contribution in [0.15, 0.2) is 42.0 Å². The van der Waals surface area contributed by atoms with E-state index in [-0.39, 0.29) is 42.4 Å². The van der Waals surface area contributed by atoms with Crippen molar-refractivity contribution in [2.45, 2.75) is 65.1 Å². The zero-order valence-electron chi connectivity index (χ0n) is 24.3. The standard InChI is InChI=1S/C33H38ClFN4O3/c1-33(2)12-11-22(26(17-33)21-3-6-24(34)7-4-21)18-37-13-15-38(16-14-37)19-23-5-8-25-27(30(23)35)20-39(32(25)42)28-9-10-29(40)36-31(28)41/h3-8,28H,9-20H2,1-2H3,(H,36,40,41). The smallest absolute Gasteiger partial charge is 0.255 e. The summed E-state index contributed by atoms with van der Waals surface area (Å²) in [5, 5.41) is 3.05. The van der Waals surface area contributed by atoms with Crippen LogP contribution in [0.5, 0.6) is 0 Å². The van der Waals surface area contributed by atoms with Crippen LogP contribution in [0.25, 0.3) is 5.57 Å². The molecule has 3 aliphatic heterocycles. The van der Waals surface area contributed by atoms with E-state index in [1.54, 1.807) is 12.1 Å². The minimum atomic E-state index is -0.746. The van der Waals surface area contributed by atoms with Crippen molar-refractivity contribution in [3.8, 4) is 0 Å². The molecule has 222 valence electrons. The number of nitrogens with one attached hydrogen (secondary N) is 1. The van der Waals surface area contributed by atoms with E-state index in [9.17, 15) is 14.4 Å². The summed E-state index contributed by atoms with van der Waals surface area (Å²) in [5.41, 5.74) is 5.74. The molecule has 0 bridgehead atoms. The molecular formula is C33H38ClFN4O3. The second-order valence-corrected chi connectivity index (χ2v) is 13.4. The van der Waals surface area contributed by atoms with E-state index in [0.717, 1.165) is 50.6 Å². The number of amides is 3. The van der Waals surface area contributed by atoms with E-state index in [0.29, 0.717) is 23.2 Å². The molecule has 0 saturated carbocycles. The Morgan fingerprint density at radius 2 is 1.64 bits per heavy atom. The van der Waals surface area contributed by atoms with Crippen molar-refractivity contribution >= 4 is 34.9 Å². The van der Waals surface area contributed by atoms with Gasteiger partial charge in [-0.15, -0.1) is 0 Å². The van der Waals surface area contributed by atoms with Gasteiger partial charge in [-0.1, -0.05) is 49.2 Å². The maximum absolute atomic E-state index is 15.7. The summed E-state index contributed by atoms with van der Waals surface area (Å²) in [6, 6.07) is 10.9. The highest BCUT2D eigenvalue weighted by molar-refractivity contribution is 6.30. The van der Waals surface area contributed by atoms with Gasteiger partial charge in [0.15, 0.2) is 0 Å². The molecule has 2 aromatic rings. The average Bonchev–Trinajstić information content (AvgIpc) is 3.29. The Hall–Kier alpha value is -3.07. The molecule has 3 heterocycles. The third-order valence-corrected chi connectivity index (χ3v) is 9.63. The van der Waals surface area contributed by atoms with Crippen molar-refractivity contribution < 1.29 is 18.8 Å². The normalized spacial score (nSPS) is 23.4. The number of hydrogen-bond acceptors (Lipinski definition) is 5. The number of benzene rings is 2. The zero-order valence-corrected chi connectivity index (χ0v) is 25.1. The number of rotatable bonds is 6. The molecule has 1 aliphatic carbocycles. The van der Waals surface area contributed by atoms with E-state index >= 15 is 4.39 Å². The molecule has 6 rings (SSSR count). The van der Waals surface area contributed by atoms with Crippen LogP contribution in [-0.4, -0.2) is 71.2 Å². The summed E-state index contributed by atoms with van der Waals surface area (Å²) in [5.74, 6) is -1.54. The van der Waals surface area contributed by atoms with Crippen molar-refractivity contribution in [2.75, 3.05) is 32.7 Å². The number of piperidine rings is 1. The molecule has 7 nitrogen and oxygen atoms in total. The predicted molar refractivity (Wildman–Crippen MR) is 160 cm³/mol. The minimum absolute atomic E-state index is 0.0514. The van der Waals surface area contributed by atoms with Gasteiger partial charge in [0.1, 0.15) is 11.9 Å². The predicted octanol–water partition coefficient (Wildman–Crippen LogP) is 5.02. The number of imide groups is 1. The summed E-state index contributed by atoms with van der Waals surface area (Å²) >= 11 is 6.17. The van der Waals surface area contributed by atoms with E-state index in [1.807, 2.05) is 12.1 Å². The van der Waals surface area contributed by atoms with Crippen LogP contribution in [-0.2, 0) is 22.7 Å². The monoisotopic (exact) mass is 592 g/mol. The summed E-state index contributed by atoms with van der Waals surface area (Å²) < 4.78 is 15.7. The summed E-state index contributed by atoms with van der Waals surface area (Å²) in [6.45, 7) is 9.68. The molecule has 0 spiro atoms. The van der Waals surface area contributed by atoms with Crippen LogP contribution in [0.3, 0.4) is 0 Å². The molecule has 3 amide bonds. The fourth-order valence-electron chi connectivity index (χ4n) is 6.86. The molecule has 4 aliphatic rings. The molecular weight excluding hydrogens is 555 g/mol. The molecule has 42 heavy (non-hydrogen) atoms. The molecule has 1 atom stereocenters. The second-order valence-electron chi connectivity index (χ2n) is 12.9. The Morgan fingerprint density at radius 1 is 0.952 bits per heavy atom. The molecule has 1 unspecified atom stereocenters. The fourth-order valence-corrected chi connectivity index (χ4v) is 6.98. The van der Waals surface area contributed by atoms with E-state index in [1.165, 1.54) is 28.0 Å². The first kappa shape index (κ1) is 29.0. The first-order chi connectivity index (χ1) is 20.1. The summed E-state index contributed by atoms with van der Waals surface area (Å²) in [4.78, 5) is 43.1. The van der Waals surface area contributed by atoms with Crippen molar-refractivity contribution in [3.05, 3.63) is 75.1 Å². The number of fused-ring (bicyclic) bond motifs is 1. The van der Waals surface area contributed by atoms with Gasteiger partial charge >= 0.3 is 0 Å². The number of carbonyl (C=O) groups excluding carboxylic acids is 3. The highest BCUT2D eigenvalue weighted by Crippen LogP contribution is 2.43. The van der Waals surface area contributed by atoms with Crippen LogP contribution in [0.1, 0.15) is 73.0 Å². The van der Waals surface area contributed by atoms with E-state index in [4.69, 9.17) is 11.6 Å². The van der Waals surface area contributed by atoms with Crippen molar-refractivity contribution in [1.82, 2.24) is 20.0 Å². The average molecular weight is 593 g/mol. The lowest BCUT2D eigenvalue weighted by Gasteiger charge is -2.38. The van der Waals surface area contributed by atoms with Gasteiger partial charge in [-0.3, -0.25) is 29.5 Å².